The van der Waals surface area contributed by atoms with Crippen molar-refractivity contribution in [2.45, 2.75) is 18.2 Å². The van der Waals surface area contributed by atoms with Crippen molar-refractivity contribution in [3.63, 3.8) is 0 Å². The average Bonchev–Trinajstić information content (AvgIpc) is 2.55. The van der Waals surface area contributed by atoms with E-state index in [4.69, 9.17) is 21.4 Å². The lowest BCUT2D eigenvalue weighted by Crippen LogP contribution is -2.11. The van der Waals surface area contributed by atoms with Crippen LogP contribution in [-0.4, -0.2) is 31.9 Å². The molecule has 0 aliphatic rings. The van der Waals surface area contributed by atoms with Gasteiger partial charge in [-0.3, -0.25) is 0 Å². The minimum Gasteiger partial charge on any atom is -0.482 e. The molecule has 2 aromatic carbocycles. The first kappa shape index (κ1) is 19.2. The number of aliphatic carboxylic acids is 1. The van der Waals surface area contributed by atoms with Crippen LogP contribution in [0.15, 0.2) is 41.3 Å². The van der Waals surface area contributed by atoms with Crippen LogP contribution >= 0.6 is 11.6 Å². The molecular formula is C17H16ClFO5S. The highest BCUT2D eigenvalue weighted by atomic mass is 35.5. The van der Waals surface area contributed by atoms with E-state index in [9.17, 15) is 17.6 Å². The zero-order valence-corrected chi connectivity index (χ0v) is 14.9. The number of rotatable bonds is 7. The van der Waals surface area contributed by atoms with Gasteiger partial charge in [0.05, 0.1) is 10.6 Å². The van der Waals surface area contributed by atoms with E-state index in [0.717, 1.165) is 0 Å². The number of hydrogen-bond donors (Lipinski definition) is 1. The molecule has 0 heterocycles. The zero-order valence-electron chi connectivity index (χ0n) is 13.3. The number of carboxylic acid groups (broad SMARTS) is 1. The van der Waals surface area contributed by atoms with Crippen molar-refractivity contribution >= 4 is 27.4 Å². The summed E-state index contributed by atoms with van der Waals surface area (Å²) in [5.41, 5.74) is 0.983. The summed E-state index contributed by atoms with van der Waals surface area (Å²) in [5.74, 6) is -1.47. The van der Waals surface area contributed by atoms with E-state index in [0.29, 0.717) is 11.1 Å². The minimum atomic E-state index is -3.38. The summed E-state index contributed by atoms with van der Waals surface area (Å²) in [4.78, 5) is 10.8. The molecule has 0 aliphatic heterocycles. The van der Waals surface area contributed by atoms with Crippen LogP contribution in [0.5, 0.6) is 5.75 Å². The van der Waals surface area contributed by atoms with Gasteiger partial charge < -0.3 is 9.84 Å². The molecule has 0 amide bonds. The summed E-state index contributed by atoms with van der Waals surface area (Å²) >= 11 is 6.17. The molecule has 1 N–H and O–H groups in total. The van der Waals surface area contributed by atoms with E-state index in [1.807, 2.05) is 0 Å². The Morgan fingerprint density at radius 3 is 2.52 bits per heavy atom. The maximum Gasteiger partial charge on any atom is 0.341 e. The van der Waals surface area contributed by atoms with Gasteiger partial charge in [0.2, 0.25) is 0 Å². The Kier molecular flexibility index (Phi) is 6.02. The van der Waals surface area contributed by atoms with Crippen LogP contribution in [-0.2, 0) is 21.1 Å². The lowest BCUT2D eigenvalue weighted by molar-refractivity contribution is -0.139. The molecule has 2 rings (SSSR count). The molecule has 134 valence electrons. The van der Waals surface area contributed by atoms with Crippen molar-refractivity contribution in [2.24, 2.45) is 0 Å². The Morgan fingerprint density at radius 1 is 1.20 bits per heavy atom. The predicted octanol–water partition coefficient (Wildman–Crippen LogP) is 3.33. The molecule has 0 radical (unpaired) electrons. The monoisotopic (exact) mass is 386 g/mol. The molecule has 8 heteroatoms. The van der Waals surface area contributed by atoms with Crippen LogP contribution in [0.4, 0.5) is 4.39 Å². The highest BCUT2D eigenvalue weighted by molar-refractivity contribution is 7.91. The maximum atomic E-state index is 13.5. The Bertz CT molecular complexity index is 896. The molecule has 0 spiro atoms. The normalized spacial score (nSPS) is 11.3. The summed E-state index contributed by atoms with van der Waals surface area (Å²) in [6.07, 6.45) is 0.165. The summed E-state index contributed by atoms with van der Waals surface area (Å²) < 4.78 is 42.5. The van der Waals surface area contributed by atoms with Gasteiger partial charge in [0.15, 0.2) is 16.4 Å². The largest absolute Gasteiger partial charge is 0.482 e. The lowest BCUT2D eigenvalue weighted by Gasteiger charge is -2.12. The second-order valence-electron chi connectivity index (χ2n) is 5.27. The van der Waals surface area contributed by atoms with Gasteiger partial charge in [0.25, 0.3) is 0 Å². The second-order valence-corrected chi connectivity index (χ2v) is 7.95. The van der Waals surface area contributed by atoms with Gasteiger partial charge in [0, 0.05) is 17.0 Å². The van der Waals surface area contributed by atoms with E-state index in [-0.39, 0.29) is 27.8 Å². The lowest BCUT2D eigenvalue weighted by atomic mass is 10.0. The molecule has 25 heavy (non-hydrogen) atoms. The van der Waals surface area contributed by atoms with Crippen molar-refractivity contribution in [1.29, 1.82) is 0 Å². The van der Waals surface area contributed by atoms with Gasteiger partial charge in [-0.25, -0.2) is 17.6 Å². The molecule has 0 unspecified atom stereocenters. The standard InChI is InChI=1S/C17H16ClFO5S/c1-2-25(22,23)14-5-3-11(15(18)9-14)7-12-8-13(19)4-6-16(12)24-10-17(20)21/h3-6,8-9H,2,7,10H2,1H3,(H,20,21). The first-order valence-corrected chi connectivity index (χ1v) is 9.40. The van der Waals surface area contributed by atoms with Crippen molar-refractivity contribution in [1.82, 2.24) is 0 Å². The van der Waals surface area contributed by atoms with E-state index < -0.39 is 28.2 Å². The van der Waals surface area contributed by atoms with Gasteiger partial charge >= 0.3 is 5.97 Å². The average molecular weight is 387 g/mol. The third-order valence-electron chi connectivity index (χ3n) is 3.52. The second kappa shape index (κ2) is 7.84. The van der Waals surface area contributed by atoms with Crippen LogP contribution in [0.25, 0.3) is 0 Å². The highest BCUT2D eigenvalue weighted by Gasteiger charge is 2.15. The van der Waals surface area contributed by atoms with Crippen LogP contribution in [0, 0.1) is 5.82 Å². The van der Waals surface area contributed by atoms with Crippen molar-refractivity contribution in [3.05, 3.63) is 58.4 Å². The molecule has 0 fully saturated rings. The maximum absolute atomic E-state index is 13.5. The predicted molar refractivity (Wildman–Crippen MR) is 91.5 cm³/mol. The Hall–Kier alpha value is -2.12. The van der Waals surface area contributed by atoms with Crippen molar-refractivity contribution in [2.75, 3.05) is 12.4 Å². The Morgan fingerprint density at radius 2 is 1.92 bits per heavy atom. The number of halogens is 2. The topological polar surface area (TPSA) is 80.7 Å². The minimum absolute atomic E-state index is 0.0419. The summed E-state index contributed by atoms with van der Waals surface area (Å²) in [6.45, 7) is 0.982. The van der Waals surface area contributed by atoms with E-state index in [1.54, 1.807) is 6.07 Å². The van der Waals surface area contributed by atoms with E-state index in [2.05, 4.69) is 0 Å². The number of carboxylic acids is 1. The van der Waals surface area contributed by atoms with Crippen LogP contribution < -0.4 is 4.74 Å². The zero-order chi connectivity index (χ0) is 18.6. The number of sulfone groups is 1. The molecule has 0 aromatic heterocycles. The third-order valence-corrected chi connectivity index (χ3v) is 5.60. The quantitative estimate of drug-likeness (QED) is 0.789. The first-order chi connectivity index (χ1) is 11.7. The molecular weight excluding hydrogens is 371 g/mol. The fraction of sp³-hybridized carbons (Fsp3) is 0.235. The van der Waals surface area contributed by atoms with Crippen LogP contribution in [0.2, 0.25) is 5.02 Å². The van der Waals surface area contributed by atoms with E-state index >= 15 is 0 Å². The van der Waals surface area contributed by atoms with Crippen LogP contribution in [0.1, 0.15) is 18.1 Å². The summed E-state index contributed by atoms with van der Waals surface area (Å²) in [5, 5.41) is 8.93. The van der Waals surface area contributed by atoms with Gasteiger partial charge in [-0.2, -0.15) is 0 Å². The molecule has 0 bridgehead atoms. The van der Waals surface area contributed by atoms with E-state index in [1.165, 1.54) is 37.3 Å². The molecule has 0 aliphatic carbocycles. The molecule has 0 saturated carbocycles. The molecule has 5 nitrogen and oxygen atoms in total. The van der Waals surface area contributed by atoms with Gasteiger partial charge in [-0.15, -0.1) is 0 Å². The third kappa shape index (κ3) is 4.93. The number of ether oxygens (including phenoxy) is 1. The fourth-order valence-corrected chi connectivity index (χ4v) is 3.42. The first-order valence-electron chi connectivity index (χ1n) is 7.37. The van der Waals surface area contributed by atoms with Gasteiger partial charge in [0.1, 0.15) is 11.6 Å². The molecule has 2 aromatic rings. The number of carbonyl (C=O) groups is 1. The Balaban J connectivity index is 2.33. The fourth-order valence-electron chi connectivity index (χ4n) is 2.20. The Labute approximate surface area is 149 Å². The number of benzene rings is 2. The van der Waals surface area contributed by atoms with Gasteiger partial charge in [-0.05, 0) is 35.9 Å². The van der Waals surface area contributed by atoms with Gasteiger partial charge in [-0.1, -0.05) is 24.6 Å². The summed E-state index contributed by atoms with van der Waals surface area (Å²) in [6, 6.07) is 8.08. The number of hydrogen-bond acceptors (Lipinski definition) is 4. The smallest absolute Gasteiger partial charge is 0.341 e. The summed E-state index contributed by atoms with van der Waals surface area (Å²) in [7, 11) is -3.38. The SMILES string of the molecule is CCS(=O)(=O)c1ccc(Cc2cc(F)ccc2OCC(=O)O)c(Cl)c1. The molecule has 0 atom stereocenters. The molecule has 0 saturated heterocycles. The van der Waals surface area contributed by atoms with Crippen LogP contribution in [0.3, 0.4) is 0 Å². The van der Waals surface area contributed by atoms with Crippen molar-refractivity contribution in [3.8, 4) is 5.75 Å². The highest BCUT2D eigenvalue weighted by Crippen LogP contribution is 2.28. The van der Waals surface area contributed by atoms with Crippen molar-refractivity contribution < 1.29 is 27.4 Å².